The van der Waals surface area contributed by atoms with Gasteiger partial charge in [-0.25, -0.2) is 0 Å². The maximum atomic E-state index is 13.5. The molecule has 13 heteroatoms. The van der Waals surface area contributed by atoms with E-state index in [4.69, 9.17) is 16.3 Å². The van der Waals surface area contributed by atoms with Crippen LogP contribution in [0.2, 0.25) is 5.02 Å². The average molecular weight is 819 g/mol. The second kappa shape index (κ2) is 15.6. The van der Waals surface area contributed by atoms with Gasteiger partial charge in [0, 0.05) is 72.5 Å². The van der Waals surface area contributed by atoms with Crippen LogP contribution in [0, 0.1) is 34.0 Å². The predicted octanol–water partition coefficient (Wildman–Crippen LogP) is 6.75. The molecule has 1 unspecified atom stereocenters. The van der Waals surface area contributed by atoms with Crippen molar-refractivity contribution in [2.24, 2.45) is 22.7 Å². The van der Waals surface area contributed by atoms with Crippen molar-refractivity contribution in [1.82, 2.24) is 15.5 Å². The van der Waals surface area contributed by atoms with Gasteiger partial charge in [0.25, 0.3) is 17.7 Å². The van der Waals surface area contributed by atoms with Crippen LogP contribution in [-0.4, -0.2) is 78.8 Å². The number of nitriles is 1. The van der Waals surface area contributed by atoms with Crippen molar-refractivity contribution in [2.45, 2.75) is 90.8 Å². The van der Waals surface area contributed by atoms with Crippen LogP contribution in [0.4, 0.5) is 11.4 Å². The van der Waals surface area contributed by atoms with Crippen molar-refractivity contribution in [3.8, 4) is 11.8 Å². The first-order chi connectivity index (χ1) is 28.1. The molecule has 12 nitrogen and oxygen atoms in total. The number of rotatable bonds is 9. The number of benzene rings is 3. The summed E-state index contributed by atoms with van der Waals surface area (Å²) in [6.45, 7) is 12.1. The SMILES string of the molecule is CC1(C)[C@H](NC(=O)c2ccc(N3CCC(CC4CCN(c5ccc6c(c5)C(=O)N(C5CCC(=O)NC5=O)C6=O)CC4)CC3)cc2)C(C)(C)[C@H]1Oc1ccc(C#N)c(Cl)c1. The Morgan fingerprint density at radius 2 is 1.41 bits per heavy atom. The van der Waals surface area contributed by atoms with E-state index in [1.807, 2.05) is 18.2 Å². The number of nitrogens with zero attached hydrogens (tertiary/aromatic N) is 4. The molecule has 1 atom stereocenters. The molecule has 5 amide bonds. The third-order valence-corrected chi connectivity index (χ3v) is 13.9. The molecule has 3 aromatic carbocycles. The molecule has 5 aliphatic rings. The summed E-state index contributed by atoms with van der Waals surface area (Å²) in [7, 11) is 0. The zero-order valence-electron chi connectivity index (χ0n) is 34.1. The monoisotopic (exact) mass is 818 g/mol. The van der Waals surface area contributed by atoms with Crippen LogP contribution in [0.5, 0.6) is 5.75 Å². The van der Waals surface area contributed by atoms with Gasteiger partial charge in [0.1, 0.15) is 24.0 Å². The number of hydrogen-bond acceptors (Lipinski definition) is 9. The van der Waals surface area contributed by atoms with E-state index in [-0.39, 0.29) is 47.6 Å². The minimum atomic E-state index is -0.968. The fourth-order valence-corrected chi connectivity index (χ4v) is 10.8. The summed E-state index contributed by atoms with van der Waals surface area (Å²) in [5.74, 6) is -0.173. The van der Waals surface area contributed by atoms with E-state index in [1.54, 1.807) is 30.3 Å². The Labute approximate surface area is 350 Å². The van der Waals surface area contributed by atoms with Gasteiger partial charge in [0.15, 0.2) is 0 Å². The molecule has 0 spiro atoms. The largest absolute Gasteiger partial charge is 0.489 e. The van der Waals surface area contributed by atoms with E-state index in [9.17, 15) is 29.2 Å². The van der Waals surface area contributed by atoms with Crippen molar-refractivity contribution in [3.63, 3.8) is 0 Å². The summed E-state index contributed by atoms with van der Waals surface area (Å²) in [4.78, 5) is 69.8. The molecular formula is C46H51ClN6O6. The van der Waals surface area contributed by atoms with E-state index in [1.165, 1.54) is 6.42 Å². The second-order valence-corrected chi connectivity index (χ2v) is 18.5. The van der Waals surface area contributed by atoms with Crippen LogP contribution >= 0.6 is 11.6 Å². The minimum Gasteiger partial charge on any atom is -0.489 e. The number of carbonyl (C=O) groups excluding carboxylic acids is 5. The number of ether oxygens (including phenoxy) is 1. The number of imide groups is 2. The van der Waals surface area contributed by atoms with Gasteiger partial charge in [0.2, 0.25) is 11.8 Å². The van der Waals surface area contributed by atoms with E-state index in [2.05, 4.69) is 66.3 Å². The smallest absolute Gasteiger partial charge is 0.262 e. The van der Waals surface area contributed by atoms with E-state index < -0.39 is 23.8 Å². The molecule has 8 rings (SSSR count). The fraction of sp³-hybridized carbons (Fsp3) is 0.478. The summed E-state index contributed by atoms with van der Waals surface area (Å²) in [5.41, 5.74) is 2.98. The fourth-order valence-electron chi connectivity index (χ4n) is 10.6. The van der Waals surface area contributed by atoms with Gasteiger partial charge in [-0.05, 0) is 105 Å². The molecule has 1 saturated carbocycles. The molecule has 308 valence electrons. The van der Waals surface area contributed by atoms with E-state index >= 15 is 0 Å². The lowest BCUT2D eigenvalue weighted by Crippen LogP contribution is -2.74. The number of hydrogen-bond donors (Lipinski definition) is 2. The Balaban J connectivity index is 0.789. The van der Waals surface area contributed by atoms with Crippen LogP contribution in [0.3, 0.4) is 0 Å². The lowest BCUT2D eigenvalue weighted by atomic mass is 9.49. The van der Waals surface area contributed by atoms with Gasteiger partial charge in [0.05, 0.1) is 21.7 Å². The molecule has 1 aliphatic carbocycles. The summed E-state index contributed by atoms with van der Waals surface area (Å²) in [5, 5.41) is 15.1. The molecule has 0 aromatic heterocycles. The Morgan fingerprint density at radius 3 is 2.00 bits per heavy atom. The Bertz CT molecular complexity index is 2220. The second-order valence-electron chi connectivity index (χ2n) is 18.1. The Kier molecular flexibility index (Phi) is 10.7. The first-order valence-corrected chi connectivity index (χ1v) is 21.2. The molecule has 3 saturated heterocycles. The molecular weight excluding hydrogens is 768 g/mol. The summed E-state index contributed by atoms with van der Waals surface area (Å²) in [6.07, 6.45) is 5.62. The third kappa shape index (κ3) is 7.54. The number of halogens is 1. The molecule has 2 N–H and O–H groups in total. The quantitative estimate of drug-likeness (QED) is 0.224. The molecule has 3 aromatic rings. The highest BCUT2D eigenvalue weighted by atomic mass is 35.5. The summed E-state index contributed by atoms with van der Waals surface area (Å²) in [6, 6.07) is 19.4. The molecule has 4 heterocycles. The zero-order chi connectivity index (χ0) is 41.8. The first-order valence-electron chi connectivity index (χ1n) is 20.8. The van der Waals surface area contributed by atoms with Crippen molar-refractivity contribution in [3.05, 3.63) is 87.9 Å². The van der Waals surface area contributed by atoms with Crippen molar-refractivity contribution in [1.29, 1.82) is 5.26 Å². The van der Waals surface area contributed by atoms with E-state index in [0.29, 0.717) is 44.9 Å². The number of anilines is 2. The van der Waals surface area contributed by atoms with Crippen LogP contribution in [-0.2, 0) is 9.59 Å². The van der Waals surface area contributed by atoms with E-state index in [0.717, 1.165) is 68.1 Å². The topological polar surface area (TPSA) is 152 Å². The number of amides is 5. The standard InChI is InChI=1S/C46H51ClN6O6/c1-45(2)43(46(3,4)44(45)59-33-11-7-30(26-48)36(47)25-33)50-39(55)29-5-8-31(9-6-29)51-19-15-27(16-20-51)23-28-17-21-52(22-18-28)32-10-12-34-35(24-32)42(58)53(41(34)57)37-13-14-38(54)49-40(37)56/h5-12,24-25,27-28,37,43-44H,13-23H2,1-4H3,(H,50,55)(H,49,54,56)/t37?,43-,44-. The number of fused-ring (bicyclic) bond motifs is 1. The predicted molar refractivity (Wildman–Crippen MR) is 223 cm³/mol. The molecule has 59 heavy (non-hydrogen) atoms. The highest BCUT2D eigenvalue weighted by molar-refractivity contribution is 6.31. The lowest BCUT2D eigenvalue weighted by Gasteiger charge is -2.63. The number of nitrogens with one attached hydrogen (secondary N) is 2. The Morgan fingerprint density at radius 1 is 0.814 bits per heavy atom. The van der Waals surface area contributed by atoms with Gasteiger partial charge < -0.3 is 19.9 Å². The average Bonchev–Trinajstić information content (AvgIpc) is 3.47. The molecule has 0 radical (unpaired) electrons. The van der Waals surface area contributed by atoms with Crippen LogP contribution in [0.25, 0.3) is 0 Å². The van der Waals surface area contributed by atoms with Gasteiger partial charge >= 0.3 is 0 Å². The van der Waals surface area contributed by atoms with Gasteiger partial charge in [-0.1, -0.05) is 39.3 Å². The van der Waals surface area contributed by atoms with Crippen LogP contribution in [0.15, 0.2) is 60.7 Å². The molecule has 0 bridgehead atoms. The summed E-state index contributed by atoms with van der Waals surface area (Å²) >= 11 is 6.25. The third-order valence-electron chi connectivity index (χ3n) is 13.6. The highest BCUT2D eigenvalue weighted by Crippen LogP contribution is 2.55. The first kappa shape index (κ1) is 40.4. The Hall–Kier alpha value is -5.41. The minimum absolute atomic E-state index is 0.0948. The maximum Gasteiger partial charge on any atom is 0.262 e. The van der Waals surface area contributed by atoms with Gasteiger partial charge in [-0.3, -0.25) is 34.2 Å². The lowest BCUT2D eigenvalue weighted by molar-refractivity contribution is -0.164. The maximum absolute atomic E-state index is 13.5. The number of carbonyl (C=O) groups is 5. The molecule has 4 aliphatic heterocycles. The molecule has 4 fully saturated rings. The van der Waals surface area contributed by atoms with Crippen LogP contribution in [0.1, 0.15) is 109 Å². The van der Waals surface area contributed by atoms with Crippen molar-refractivity contribution in [2.75, 3.05) is 36.0 Å². The van der Waals surface area contributed by atoms with Gasteiger partial charge in [-0.15, -0.1) is 0 Å². The van der Waals surface area contributed by atoms with Crippen LogP contribution < -0.4 is 25.2 Å². The number of piperidine rings is 3. The highest BCUT2D eigenvalue weighted by Gasteiger charge is 2.64. The van der Waals surface area contributed by atoms with Crippen molar-refractivity contribution >= 4 is 52.5 Å². The van der Waals surface area contributed by atoms with Crippen molar-refractivity contribution < 1.29 is 28.7 Å². The zero-order valence-corrected chi connectivity index (χ0v) is 34.8. The summed E-state index contributed by atoms with van der Waals surface area (Å²) < 4.78 is 6.39. The van der Waals surface area contributed by atoms with Gasteiger partial charge in [-0.2, -0.15) is 5.26 Å². The normalized spacial score (nSPS) is 24.3.